The highest BCUT2D eigenvalue weighted by atomic mass is 35.5. The summed E-state index contributed by atoms with van der Waals surface area (Å²) in [6.45, 7) is 0. The largest absolute Gasteiger partial charge is 0.452 e. The lowest BCUT2D eigenvalue weighted by molar-refractivity contribution is 0.467. The van der Waals surface area contributed by atoms with Gasteiger partial charge in [0.25, 0.3) is 0 Å². The van der Waals surface area contributed by atoms with Crippen molar-refractivity contribution in [2.45, 2.75) is 0 Å². The van der Waals surface area contributed by atoms with Crippen LogP contribution in [0.3, 0.4) is 0 Å². The summed E-state index contributed by atoms with van der Waals surface area (Å²) >= 11 is 5.97. The van der Waals surface area contributed by atoms with Crippen molar-refractivity contribution in [2.24, 2.45) is 0 Å². The summed E-state index contributed by atoms with van der Waals surface area (Å²) in [5.41, 5.74) is 0.936. The average molecular weight is 295 g/mol. The van der Waals surface area contributed by atoms with E-state index in [1.54, 1.807) is 24.3 Å². The van der Waals surface area contributed by atoms with E-state index in [0.717, 1.165) is 0 Å². The Bertz CT molecular complexity index is 916. The van der Waals surface area contributed by atoms with Gasteiger partial charge in [-0.3, -0.25) is 0 Å². The van der Waals surface area contributed by atoms with Crippen molar-refractivity contribution in [3.63, 3.8) is 0 Å². The molecule has 0 atom stereocenters. The summed E-state index contributed by atoms with van der Waals surface area (Å²) in [6.07, 6.45) is 0. The molecule has 1 aromatic heterocycles. The van der Waals surface area contributed by atoms with Gasteiger partial charge in [0.2, 0.25) is 5.76 Å². The molecule has 0 saturated heterocycles. The number of nitriles is 2. The zero-order valence-corrected chi connectivity index (χ0v) is 11.4. The lowest BCUT2D eigenvalue weighted by Gasteiger charge is -2.05. The molecule has 100 valence electrons. The van der Waals surface area contributed by atoms with Crippen molar-refractivity contribution in [1.82, 2.24) is 0 Å². The predicted octanol–water partition coefficient (Wildman–Crippen LogP) is 4.62. The number of benzene rings is 2. The molecule has 0 N–H and O–H groups in total. The van der Waals surface area contributed by atoms with Crippen LogP contribution in [-0.4, -0.2) is 0 Å². The van der Waals surface area contributed by atoms with Crippen LogP contribution in [0.4, 0.5) is 0 Å². The maximum Gasteiger partial charge on any atom is 0.247 e. The van der Waals surface area contributed by atoms with Gasteiger partial charge in [-0.2, -0.15) is 10.5 Å². The van der Waals surface area contributed by atoms with Gasteiger partial charge in [0.05, 0.1) is 16.0 Å². The number of para-hydroxylation sites is 1. The van der Waals surface area contributed by atoms with Gasteiger partial charge < -0.3 is 9.15 Å². The van der Waals surface area contributed by atoms with Crippen LogP contribution in [0.1, 0.15) is 11.3 Å². The third-order valence-corrected chi connectivity index (χ3v) is 3.25. The van der Waals surface area contributed by atoms with Gasteiger partial charge in [0.15, 0.2) is 5.75 Å². The monoisotopic (exact) mass is 294 g/mol. The van der Waals surface area contributed by atoms with Crippen molar-refractivity contribution in [3.8, 4) is 23.6 Å². The molecule has 0 radical (unpaired) electrons. The molecule has 0 fully saturated rings. The van der Waals surface area contributed by atoms with Gasteiger partial charge in [-0.25, -0.2) is 0 Å². The van der Waals surface area contributed by atoms with Crippen LogP contribution in [0.15, 0.2) is 46.9 Å². The van der Waals surface area contributed by atoms with E-state index in [2.05, 4.69) is 0 Å². The van der Waals surface area contributed by atoms with Gasteiger partial charge in [-0.1, -0.05) is 23.7 Å². The van der Waals surface area contributed by atoms with E-state index in [9.17, 15) is 0 Å². The first-order valence-corrected chi connectivity index (χ1v) is 6.40. The Hall–Kier alpha value is -2.95. The fraction of sp³-hybridized carbons (Fsp3) is 0. The first-order chi connectivity index (χ1) is 10.2. The number of halogens is 1. The molecule has 5 heteroatoms. The number of furan rings is 1. The zero-order valence-electron chi connectivity index (χ0n) is 10.6. The maximum atomic E-state index is 9.14. The zero-order chi connectivity index (χ0) is 14.8. The van der Waals surface area contributed by atoms with Crippen LogP contribution in [0.5, 0.6) is 11.5 Å². The van der Waals surface area contributed by atoms with Crippen LogP contribution in [0, 0.1) is 22.7 Å². The van der Waals surface area contributed by atoms with Crippen molar-refractivity contribution >= 4 is 22.6 Å². The molecule has 0 bridgehead atoms. The summed E-state index contributed by atoms with van der Waals surface area (Å²) < 4.78 is 11.1. The summed E-state index contributed by atoms with van der Waals surface area (Å²) in [4.78, 5) is 0. The second-order valence-corrected chi connectivity index (χ2v) is 4.63. The minimum Gasteiger partial charge on any atom is -0.452 e. The van der Waals surface area contributed by atoms with Crippen molar-refractivity contribution < 1.29 is 9.15 Å². The summed E-state index contributed by atoms with van der Waals surface area (Å²) in [7, 11) is 0. The molecule has 21 heavy (non-hydrogen) atoms. The predicted molar refractivity (Wildman–Crippen MR) is 77.2 cm³/mol. The van der Waals surface area contributed by atoms with E-state index < -0.39 is 0 Å². The topological polar surface area (TPSA) is 69.9 Å². The normalized spacial score (nSPS) is 10.0. The Morgan fingerprint density at radius 1 is 1.05 bits per heavy atom. The summed E-state index contributed by atoms with van der Waals surface area (Å²) in [5.74, 6) is 0.868. The number of rotatable bonds is 2. The smallest absolute Gasteiger partial charge is 0.247 e. The van der Waals surface area contributed by atoms with Crippen molar-refractivity contribution in [2.75, 3.05) is 0 Å². The Morgan fingerprint density at radius 3 is 2.57 bits per heavy atom. The van der Waals surface area contributed by atoms with Gasteiger partial charge in [-0.05, 0) is 24.3 Å². The fourth-order valence-electron chi connectivity index (χ4n) is 1.96. The molecule has 3 aromatic rings. The highest BCUT2D eigenvalue weighted by Crippen LogP contribution is 2.36. The molecule has 0 spiro atoms. The Balaban J connectivity index is 2.08. The van der Waals surface area contributed by atoms with E-state index in [0.29, 0.717) is 33.1 Å². The second-order valence-electron chi connectivity index (χ2n) is 4.22. The van der Waals surface area contributed by atoms with E-state index in [-0.39, 0.29) is 5.76 Å². The molecule has 1 heterocycles. The third kappa shape index (κ3) is 2.29. The van der Waals surface area contributed by atoms with Gasteiger partial charge in [-0.15, -0.1) is 0 Å². The first-order valence-electron chi connectivity index (χ1n) is 6.02. The first kappa shape index (κ1) is 13.1. The highest BCUT2D eigenvalue weighted by Gasteiger charge is 2.16. The van der Waals surface area contributed by atoms with Crippen molar-refractivity contribution in [3.05, 3.63) is 58.8 Å². The molecule has 0 amide bonds. The molecule has 0 aliphatic heterocycles. The molecule has 0 aliphatic rings. The van der Waals surface area contributed by atoms with Gasteiger partial charge >= 0.3 is 0 Å². The van der Waals surface area contributed by atoms with Crippen LogP contribution in [-0.2, 0) is 0 Å². The Morgan fingerprint density at radius 2 is 1.86 bits per heavy atom. The fourth-order valence-corrected chi connectivity index (χ4v) is 2.18. The number of fused-ring (bicyclic) bond motifs is 1. The van der Waals surface area contributed by atoms with E-state index >= 15 is 0 Å². The van der Waals surface area contributed by atoms with E-state index in [1.165, 1.54) is 6.07 Å². The third-order valence-electron chi connectivity index (χ3n) is 2.93. The standard InChI is InChI=1S/C16H7ClN2O2/c17-13-7-11(6-5-10(13)8-18)20-16-12-3-1-2-4-14(12)21-15(16)9-19/h1-7H. The number of hydrogen-bond donors (Lipinski definition) is 0. The lowest BCUT2D eigenvalue weighted by Crippen LogP contribution is -1.86. The van der Waals surface area contributed by atoms with E-state index in [4.69, 9.17) is 31.3 Å². The Kier molecular flexibility index (Phi) is 3.23. The summed E-state index contributed by atoms with van der Waals surface area (Å²) in [5, 5.41) is 19.0. The molecule has 0 aliphatic carbocycles. The SMILES string of the molecule is N#Cc1ccc(Oc2c(C#N)oc3ccccc23)cc1Cl. The minimum atomic E-state index is 0.0942. The van der Waals surface area contributed by atoms with Gasteiger partial charge in [0, 0.05) is 6.07 Å². The van der Waals surface area contributed by atoms with Crippen LogP contribution in [0.25, 0.3) is 11.0 Å². The molecule has 2 aromatic carbocycles. The number of nitrogens with zero attached hydrogens (tertiary/aromatic N) is 2. The summed E-state index contributed by atoms with van der Waals surface area (Å²) in [6, 6.07) is 15.9. The van der Waals surface area contributed by atoms with Crippen LogP contribution in [0.2, 0.25) is 5.02 Å². The van der Waals surface area contributed by atoms with Gasteiger partial charge in [0.1, 0.15) is 23.5 Å². The Labute approximate surface area is 125 Å². The highest BCUT2D eigenvalue weighted by molar-refractivity contribution is 6.31. The number of ether oxygens (including phenoxy) is 1. The lowest BCUT2D eigenvalue weighted by atomic mass is 10.2. The minimum absolute atomic E-state index is 0.0942. The molecule has 4 nitrogen and oxygen atoms in total. The molecule has 0 unspecified atom stereocenters. The molecular formula is C16H7ClN2O2. The average Bonchev–Trinajstić information content (AvgIpc) is 2.86. The quantitative estimate of drug-likeness (QED) is 0.691. The van der Waals surface area contributed by atoms with Crippen LogP contribution >= 0.6 is 11.6 Å². The molecular weight excluding hydrogens is 288 g/mol. The molecule has 0 saturated carbocycles. The van der Waals surface area contributed by atoms with E-state index in [1.807, 2.05) is 24.3 Å². The second kappa shape index (κ2) is 5.20. The maximum absolute atomic E-state index is 9.14. The number of hydrogen-bond acceptors (Lipinski definition) is 4. The van der Waals surface area contributed by atoms with Crippen LogP contribution < -0.4 is 4.74 Å². The van der Waals surface area contributed by atoms with Crippen molar-refractivity contribution in [1.29, 1.82) is 10.5 Å². The molecule has 3 rings (SSSR count).